The first kappa shape index (κ1) is 13.5. The molecule has 0 unspecified atom stereocenters. The highest BCUT2D eigenvalue weighted by molar-refractivity contribution is 6.33. The number of ether oxygens (including phenoxy) is 1. The maximum atomic E-state index is 13.0. The third-order valence-corrected chi connectivity index (χ3v) is 2.85. The predicted molar refractivity (Wildman–Crippen MR) is 69.7 cm³/mol. The molecule has 0 aliphatic rings. The van der Waals surface area contributed by atoms with E-state index in [4.69, 9.17) is 16.3 Å². The van der Waals surface area contributed by atoms with Crippen molar-refractivity contribution in [3.63, 3.8) is 0 Å². The molecular formula is C13H12ClFN2O2. The van der Waals surface area contributed by atoms with Crippen LogP contribution < -0.4 is 0 Å². The number of rotatable bonds is 3. The summed E-state index contributed by atoms with van der Waals surface area (Å²) in [7, 11) is 0. The van der Waals surface area contributed by atoms with E-state index < -0.39 is 11.8 Å². The van der Waals surface area contributed by atoms with Crippen molar-refractivity contribution in [1.82, 2.24) is 9.97 Å². The van der Waals surface area contributed by atoms with E-state index in [1.165, 1.54) is 18.2 Å². The zero-order valence-electron chi connectivity index (χ0n) is 10.5. The van der Waals surface area contributed by atoms with Crippen LogP contribution in [0.15, 0.2) is 18.2 Å². The lowest BCUT2D eigenvalue weighted by Gasteiger charge is -2.00. The number of nitrogens with one attached hydrogen (secondary N) is 1. The fourth-order valence-corrected chi connectivity index (χ4v) is 1.92. The van der Waals surface area contributed by atoms with Gasteiger partial charge in [-0.1, -0.05) is 11.6 Å². The average Bonchev–Trinajstić information content (AvgIpc) is 2.71. The van der Waals surface area contributed by atoms with E-state index in [2.05, 4.69) is 9.97 Å². The molecule has 1 aromatic heterocycles. The van der Waals surface area contributed by atoms with E-state index in [-0.39, 0.29) is 17.3 Å². The minimum Gasteiger partial charge on any atom is -0.461 e. The smallest absolute Gasteiger partial charge is 0.358 e. The van der Waals surface area contributed by atoms with Crippen LogP contribution in [0.2, 0.25) is 5.02 Å². The number of carbonyl (C=O) groups excluding carboxylic acids is 1. The maximum absolute atomic E-state index is 13.0. The van der Waals surface area contributed by atoms with E-state index in [0.717, 1.165) is 0 Å². The molecule has 0 aliphatic heterocycles. The van der Waals surface area contributed by atoms with Gasteiger partial charge in [0.15, 0.2) is 5.69 Å². The van der Waals surface area contributed by atoms with E-state index >= 15 is 0 Å². The number of benzene rings is 1. The molecule has 6 heteroatoms. The molecule has 0 saturated heterocycles. The number of carbonyl (C=O) groups is 1. The minimum absolute atomic E-state index is 0.206. The van der Waals surface area contributed by atoms with Gasteiger partial charge in [0.05, 0.1) is 11.6 Å². The fourth-order valence-electron chi connectivity index (χ4n) is 1.67. The van der Waals surface area contributed by atoms with Crippen LogP contribution in [0, 0.1) is 12.7 Å². The molecule has 4 nitrogen and oxygen atoms in total. The van der Waals surface area contributed by atoms with Gasteiger partial charge < -0.3 is 9.72 Å². The van der Waals surface area contributed by atoms with Gasteiger partial charge in [-0.3, -0.25) is 0 Å². The van der Waals surface area contributed by atoms with Gasteiger partial charge in [0.1, 0.15) is 11.6 Å². The summed E-state index contributed by atoms with van der Waals surface area (Å²) in [5, 5.41) is 0.226. The van der Waals surface area contributed by atoms with Crippen molar-refractivity contribution in [3.8, 4) is 11.4 Å². The molecule has 19 heavy (non-hydrogen) atoms. The number of aromatic amines is 1. The summed E-state index contributed by atoms with van der Waals surface area (Å²) < 4.78 is 17.9. The Balaban J connectivity index is 2.42. The predicted octanol–water partition coefficient (Wildman–Crippen LogP) is 3.35. The van der Waals surface area contributed by atoms with Crippen LogP contribution in [0.4, 0.5) is 4.39 Å². The monoisotopic (exact) mass is 282 g/mol. The van der Waals surface area contributed by atoms with Gasteiger partial charge in [-0.05, 0) is 32.0 Å². The summed E-state index contributed by atoms with van der Waals surface area (Å²) in [6.07, 6.45) is 0. The summed E-state index contributed by atoms with van der Waals surface area (Å²) >= 11 is 5.95. The Kier molecular flexibility index (Phi) is 3.85. The first-order valence-electron chi connectivity index (χ1n) is 5.72. The van der Waals surface area contributed by atoms with Gasteiger partial charge in [-0.15, -0.1) is 0 Å². The maximum Gasteiger partial charge on any atom is 0.358 e. The van der Waals surface area contributed by atoms with Crippen LogP contribution in [0.5, 0.6) is 0 Å². The second-order valence-electron chi connectivity index (χ2n) is 3.90. The average molecular weight is 283 g/mol. The molecule has 0 fully saturated rings. The summed E-state index contributed by atoms with van der Waals surface area (Å²) in [6.45, 7) is 3.70. The number of imidazole rings is 1. The Bertz CT molecular complexity index is 625. The summed E-state index contributed by atoms with van der Waals surface area (Å²) in [5.74, 6) is -0.520. The van der Waals surface area contributed by atoms with Gasteiger partial charge in [0.25, 0.3) is 0 Å². The van der Waals surface area contributed by atoms with Crippen molar-refractivity contribution in [2.45, 2.75) is 13.8 Å². The quantitative estimate of drug-likeness (QED) is 0.878. The highest BCUT2D eigenvalue weighted by atomic mass is 35.5. The first-order chi connectivity index (χ1) is 9.02. The summed E-state index contributed by atoms with van der Waals surface area (Å²) in [4.78, 5) is 18.7. The third kappa shape index (κ3) is 2.76. The van der Waals surface area contributed by atoms with Gasteiger partial charge in [0.2, 0.25) is 0 Å². The molecular weight excluding hydrogens is 271 g/mol. The van der Waals surface area contributed by atoms with Gasteiger partial charge in [0, 0.05) is 11.3 Å². The standard InChI is InChI=1S/C13H12ClFN2O2/c1-3-19-13(18)11-7(2)16-12(17-11)9-5-4-8(15)6-10(9)14/h4-6H,3H2,1-2H3,(H,16,17). The van der Waals surface area contributed by atoms with Crippen molar-refractivity contribution >= 4 is 17.6 Å². The van der Waals surface area contributed by atoms with Crippen LogP contribution in [-0.2, 0) is 4.74 Å². The number of esters is 1. The molecule has 0 aliphatic carbocycles. The number of halogens is 2. The Morgan fingerprint density at radius 3 is 2.89 bits per heavy atom. The van der Waals surface area contributed by atoms with Gasteiger partial charge in [-0.2, -0.15) is 0 Å². The number of hydrogen-bond acceptors (Lipinski definition) is 3. The largest absolute Gasteiger partial charge is 0.461 e. The Labute approximate surface area is 114 Å². The van der Waals surface area contributed by atoms with Crippen molar-refractivity contribution in [2.24, 2.45) is 0 Å². The zero-order chi connectivity index (χ0) is 14.0. The summed E-state index contributed by atoms with van der Waals surface area (Å²) in [6, 6.07) is 3.98. The van der Waals surface area contributed by atoms with Crippen LogP contribution in [-0.4, -0.2) is 22.5 Å². The molecule has 1 heterocycles. The van der Waals surface area contributed by atoms with Crippen LogP contribution in [0.1, 0.15) is 23.1 Å². The van der Waals surface area contributed by atoms with Crippen LogP contribution in [0.3, 0.4) is 0 Å². The Hall–Kier alpha value is -1.88. The minimum atomic E-state index is -0.499. The second-order valence-corrected chi connectivity index (χ2v) is 4.31. The normalized spacial score (nSPS) is 10.5. The lowest BCUT2D eigenvalue weighted by atomic mass is 10.2. The number of aryl methyl sites for hydroxylation is 1. The Morgan fingerprint density at radius 1 is 1.53 bits per heavy atom. The number of aromatic nitrogens is 2. The first-order valence-corrected chi connectivity index (χ1v) is 6.10. The molecule has 0 atom stereocenters. The SMILES string of the molecule is CCOC(=O)c1nc(-c2ccc(F)cc2Cl)[nH]c1C. The van der Waals surface area contributed by atoms with Crippen molar-refractivity contribution in [2.75, 3.05) is 6.61 Å². The number of H-pyrrole nitrogens is 1. The zero-order valence-corrected chi connectivity index (χ0v) is 11.2. The lowest BCUT2D eigenvalue weighted by molar-refractivity contribution is 0.0519. The van der Waals surface area contributed by atoms with Crippen molar-refractivity contribution in [1.29, 1.82) is 0 Å². The van der Waals surface area contributed by atoms with Gasteiger partial charge >= 0.3 is 5.97 Å². The summed E-state index contributed by atoms with van der Waals surface area (Å²) in [5.41, 5.74) is 1.31. The fraction of sp³-hybridized carbons (Fsp3) is 0.231. The van der Waals surface area contributed by atoms with Gasteiger partial charge in [-0.25, -0.2) is 14.2 Å². The molecule has 1 N–H and O–H groups in total. The molecule has 2 rings (SSSR count). The molecule has 1 aromatic carbocycles. The highest BCUT2D eigenvalue weighted by Crippen LogP contribution is 2.27. The number of hydrogen-bond donors (Lipinski definition) is 1. The van der Waals surface area contributed by atoms with E-state index in [1.54, 1.807) is 13.8 Å². The third-order valence-electron chi connectivity index (χ3n) is 2.54. The lowest BCUT2D eigenvalue weighted by Crippen LogP contribution is -2.06. The van der Waals surface area contributed by atoms with Crippen LogP contribution >= 0.6 is 11.6 Å². The molecule has 2 aromatic rings. The van der Waals surface area contributed by atoms with E-state index in [9.17, 15) is 9.18 Å². The topological polar surface area (TPSA) is 55.0 Å². The molecule has 0 radical (unpaired) electrons. The van der Waals surface area contributed by atoms with Crippen molar-refractivity contribution in [3.05, 3.63) is 40.4 Å². The van der Waals surface area contributed by atoms with E-state index in [0.29, 0.717) is 17.1 Å². The molecule has 0 amide bonds. The number of nitrogens with zero attached hydrogens (tertiary/aromatic N) is 1. The highest BCUT2D eigenvalue weighted by Gasteiger charge is 2.17. The van der Waals surface area contributed by atoms with E-state index in [1.807, 2.05) is 0 Å². The van der Waals surface area contributed by atoms with Crippen LogP contribution in [0.25, 0.3) is 11.4 Å². The Morgan fingerprint density at radius 2 is 2.26 bits per heavy atom. The second kappa shape index (κ2) is 5.40. The molecule has 100 valence electrons. The molecule has 0 bridgehead atoms. The molecule has 0 spiro atoms. The molecule has 0 saturated carbocycles. The van der Waals surface area contributed by atoms with Crippen molar-refractivity contribution < 1.29 is 13.9 Å².